The van der Waals surface area contributed by atoms with Crippen molar-refractivity contribution in [1.82, 2.24) is 4.90 Å². The summed E-state index contributed by atoms with van der Waals surface area (Å²) in [4.78, 5) is 14.4. The number of para-hydroxylation sites is 1. The van der Waals surface area contributed by atoms with Crippen molar-refractivity contribution in [3.8, 4) is 0 Å². The van der Waals surface area contributed by atoms with Crippen molar-refractivity contribution in [1.29, 1.82) is 0 Å². The summed E-state index contributed by atoms with van der Waals surface area (Å²) >= 11 is 0. The fourth-order valence-electron chi connectivity index (χ4n) is 3.31. The number of likely N-dealkylation sites (N-methyl/N-ethyl adjacent to an activating group) is 1. The van der Waals surface area contributed by atoms with Gasteiger partial charge in [-0.3, -0.25) is 9.69 Å². The van der Waals surface area contributed by atoms with Gasteiger partial charge in [0.15, 0.2) is 0 Å². The molecule has 0 aliphatic rings. The van der Waals surface area contributed by atoms with Gasteiger partial charge in [0, 0.05) is 17.3 Å². The molecule has 1 N–H and O–H groups in total. The zero-order valence-corrected chi connectivity index (χ0v) is 17.5. The second kappa shape index (κ2) is 9.28. The number of anilines is 1. The minimum atomic E-state index is -0.492. The van der Waals surface area contributed by atoms with Gasteiger partial charge in [0.05, 0.1) is 6.54 Å². The monoisotopic (exact) mass is 388 g/mol. The third-order valence-corrected chi connectivity index (χ3v) is 5.10. The molecule has 0 spiro atoms. The van der Waals surface area contributed by atoms with Gasteiger partial charge in [-0.15, -0.1) is 0 Å². The molecule has 28 heavy (non-hydrogen) atoms. The van der Waals surface area contributed by atoms with Gasteiger partial charge in [0.2, 0.25) is 5.91 Å². The molecule has 0 fully saturated rings. The van der Waals surface area contributed by atoms with E-state index in [-0.39, 0.29) is 29.9 Å². The number of carbonyl (C=O) groups is 1. The van der Waals surface area contributed by atoms with Crippen LogP contribution in [0, 0.1) is 11.6 Å². The Hall–Kier alpha value is -2.27. The Labute approximate surface area is 166 Å². The molecule has 2 rings (SSSR count). The van der Waals surface area contributed by atoms with Crippen molar-refractivity contribution in [2.24, 2.45) is 0 Å². The van der Waals surface area contributed by atoms with E-state index in [0.29, 0.717) is 0 Å². The van der Waals surface area contributed by atoms with Gasteiger partial charge in [0.25, 0.3) is 0 Å². The quantitative estimate of drug-likeness (QED) is 0.646. The number of rotatable bonds is 7. The van der Waals surface area contributed by atoms with E-state index in [9.17, 15) is 13.6 Å². The van der Waals surface area contributed by atoms with Crippen molar-refractivity contribution in [3.05, 3.63) is 64.7 Å². The first-order chi connectivity index (χ1) is 13.1. The Morgan fingerprint density at radius 1 is 0.964 bits per heavy atom. The summed E-state index contributed by atoms with van der Waals surface area (Å²) in [7, 11) is 1.73. The van der Waals surface area contributed by atoms with E-state index in [2.05, 4.69) is 33.0 Å². The van der Waals surface area contributed by atoms with E-state index in [4.69, 9.17) is 0 Å². The average Bonchev–Trinajstić information content (AvgIpc) is 2.62. The van der Waals surface area contributed by atoms with Crippen molar-refractivity contribution in [2.45, 2.75) is 52.5 Å². The lowest BCUT2D eigenvalue weighted by atomic mass is 9.92. The normalized spacial score (nSPS) is 12.7. The molecule has 1 atom stereocenters. The minimum absolute atomic E-state index is 0.0705. The zero-order chi connectivity index (χ0) is 21.0. The number of carbonyl (C=O) groups excluding carboxylic acids is 1. The lowest BCUT2D eigenvalue weighted by Gasteiger charge is -2.26. The van der Waals surface area contributed by atoms with Gasteiger partial charge in [-0.2, -0.15) is 0 Å². The molecular weight excluding hydrogens is 358 g/mol. The van der Waals surface area contributed by atoms with Crippen LogP contribution < -0.4 is 5.32 Å². The molecule has 152 valence electrons. The maximum absolute atomic E-state index is 14.1. The van der Waals surface area contributed by atoms with E-state index >= 15 is 0 Å². The molecule has 1 unspecified atom stereocenters. The molecule has 0 aliphatic carbocycles. The Kier molecular flexibility index (Phi) is 7.30. The second-order valence-corrected chi connectivity index (χ2v) is 7.93. The number of amides is 1. The highest BCUT2D eigenvalue weighted by Gasteiger charge is 2.21. The third-order valence-electron chi connectivity index (χ3n) is 5.10. The molecule has 0 saturated heterocycles. The molecule has 0 aliphatic heterocycles. The summed E-state index contributed by atoms with van der Waals surface area (Å²) in [5, 5.41) is 3.06. The maximum Gasteiger partial charge on any atom is 0.238 e. The van der Waals surface area contributed by atoms with Gasteiger partial charge >= 0.3 is 0 Å². The van der Waals surface area contributed by atoms with Crippen molar-refractivity contribution in [2.75, 3.05) is 18.9 Å². The molecule has 0 saturated carbocycles. The largest absolute Gasteiger partial charge is 0.324 e. The number of halogens is 2. The molecule has 0 heterocycles. The Bertz CT molecular complexity index is 807. The first-order valence-electron chi connectivity index (χ1n) is 9.69. The van der Waals surface area contributed by atoms with Crippen LogP contribution in [-0.4, -0.2) is 24.4 Å². The molecule has 3 nitrogen and oxygen atoms in total. The fourth-order valence-corrected chi connectivity index (χ4v) is 3.31. The van der Waals surface area contributed by atoms with Crippen LogP contribution in [0.5, 0.6) is 0 Å². The molecule has 2 aromatic rings. The predicted molar refractivity (Wildman–Crippen MR) is 111 cm³/mol. The zero-order valence-electron chi connectivity index (χ0n) is 17.5. The van der Waals surface area contributed by atoms with Gasteiger partial charge < -0.3 is 5.32 Å². The highest BCUT2D eigenvalue weighted by molar-refractivity contribution is 5.94. The number of hydrogen-bond acceptors (Lipinski definition) is 2. The lowest BCUT2D eigenvalue weighted by Crippen LogP contribution is -2.33. The van der Waals surface area contributed by atoms with E-state index in [1.165, 1.54) is 6.07 Å². The highest BCUT2D eigenvalue weighted by Crippen LogP contribution is 2.32. The van der Waals surface area contributed by atoms with Gasteiger partial charge in [-0.25, -0.2) is 8.78 Å². The molecule has 0 bridgehead atoms. The SMILES string of the molecule is CC(C)c1cccc(C(C)C)c1NC(=O)CN(C)C(C)c1cc(F)ccc1F. The molecule has 2 aromatic carbocycles. The highest BCUT2D eigenvalue weighted by atomic mass is 19.1. The topological polar surface area (TPSA) is 32.3 Å². The number of benzene rings is 2. The lowest BCUT2D eigenvalue weighted by molar-refractivity contribution is -0.117. The van der Waals surface area contributed by atoms with Crippen LogP contribution in [-0.2, 0) is 4.79 Å². The molecule has 0 radical (unpaired) electrons. The third kappa shape index (κ3) is 5.16. The molecule has 5 heteroatoms. The van der Waals surface area contributed by atoms with Crippen molar-refractivity contribution < 1.29 is 13.6 Å². The van der Waals surface area contributed by atoms with Crippen LogP contribution >= 0.6 is 0 Å². The summed E-state index contributed by atoms with van der Waals surface area (Å²) < 4.78 is 27.6. The van der Waals surface area contributed by atoms with Gasteiger partial charge in [-0.1, -0.05) is 45.9 Å². The van der Waals surface area contributed by atoms with Crippen molar-refractivity contribution >= 4 is 11.6 Å². The van der Waals surface area contributed by atoms with E-state index < -0.39 is 17.7 Å². The van der Waals surface area contributed by atoms with Crippen LogP contribution in [0.15, 0.2) is 36.4 Å². The second-order valence-electron chi connectivity index (χ2n) is 7.93. The van der Waals surface area contributed by atoms with Gasteiger partial charge in [-0.05, 0) is 55.1 Å². The summed E-state index contributed by atoms with van der Waals surface area (Å²) in [6.07, 6.45) is 0. The van der Waals surface area contributed by atoms with Crippen LogP contribution in [0.3, 0.4) is 0 Å². The van der Waals surface area contributed by atoms with E-state index in [0.717, 1.165) is 28.9 Å². The summed E-state index contributed by atoms with van der Waals surface area (Å²) in [5.74, 6) is -0.609. The van der Waals surface area contributed by atoms with Crippen LogP contribution in [0.1, 0.15) is 69.2 Å². The maximum atomic E-state index is 14.1. The molecular formula is C23H30F2N2O. The van der Waals surface area contributed by atoms with Crippen LogP contribution in [0.25, 0.3) is 0 Å². The van der Waals surface area contributed by atoms with Crippen molar-refractivity contribution in [3.63, 3.8) is 0 Å². The smallest absolute Gasteiger partial charge is 0.238 e. The Balaban J connectivity index is 2.19. The first-order valence-corrected chi connectivity index (χ1v) is 9.69. The first kappa shape index (κ1) is 22.0. The Morgan fingerprint density at radius 3 is 2.07 bits per heavy atom. The Morgan fingerprint density at radius 2 is 1.54 bits per heavy atom. The summed E-state index contributed by atoms with van der Waals surface area (Å²) in [6.45, 7) is 10.2. The fraction of sp³-hybridized carbons (Fsp3) is 0.435. The number of hydrogen-bond donors (Lipinski definition) is 1. The number of nitrogens with one attached hydrogen (secondary N) is 1. The van der Waals surface area contributed by atoms with Crippen LogP contribution in [0.2, 0.25) is 0 Å². The van der Waals surface area contributed by atoms with Crippen LogP contribution in [0.4, 0.5) is 14.5 Å². The average molecular weight is 389 g/mol. The van der Waals surface area contributed by atoms with Gasteiger partial charge in [0.1, 0.15) is 11.6 Å². The molecule has 1 amide bonds. The predicted octanol–water partition coefficient (Wildman–Crippen LogP) is 5.84. The molecule has 0 aromatic heterocycles. The summed E-state index contributed by atoms with van der Waals surface area (Å²) in [6, 6.07) is 9.02. The summed E-state index contributed by atoms with van der Waals surface area (Å²) in [5.41, 5.74) is 3.27. The number of nitrogens with zero attached hydrogens (tertiary/aromatic N) is 1. The van der Waals surface area contributed by atoms with E-state index in [1.807, 2.05) is 18.2 Å². The standard InChI is InChI=1S/C23H30F2N2O/c1-14(2)18-8-7-9-19(15(3)4)23(18)26-22(28)13-27(6)16(5)20-12-17(24)10-11-21(20)25/h7-12,14-16H,13H2,1-6H3,(H,26,28). The minimum Gasteiger partial charge on any atom is -0.324 e. The van der Waals surface area contributed by atoms with E-state index in [1.54, 1.807) is 18.9 Å².